The average molecular weight is 285 g/mol. The maximum atomic E-state index is 11.9. The fourth-order valence-electron chi connectivity index (χ4n) is 1.66. The lowest BCUT2D eigenvalue weighted by molar-refractivity contribution is 0.00696. The van der Waals surface area contributed by atoms with Gasteiger partial charge in [-0.3, -0.25) is 0 Å². The van der Waals surface area contributed by atoms with Crippen LogP contribution in [-0.2, 0) is 4.74 Å². The Morgan fingerprint density at radius 1 is 1.15 bits per heavy atom. The first-order chi connectivity index (χ1) is 9.39. The van der Waals surface area contributed by atoms with E-state index in [1.54, 1.807) is 18.2 Å². The van der Waals surface area contributed by atoms with Crippen LogP contribution in [0.4, 0.5) is 0 Å². The van der Waals surface area contributed by atoms with Crippen LogP contribution < -0.4 is 0 Å². The molecule has 1 aromatic heterocycles. The van der Waals surface area contributed by atoms with Crippen LogP contribution in [0.2, 0.25) is 0 Å². The normalized spacial score (nSPS) is 10.9. The molecule has 102 valence electrons. The van der Waals surface area contributed by atoms with E-state index in [-0.39, 0.29) is 5.97 Å². The lowest BCUT2D eigenvalue weighted by atomic mass is 10.1. The monoisotopic (exact) mass is 285 g/mol. The first-order valence-corrected chi connectivity index (χ1v) is 7.04. The number of benzene rings is 1. The molecule has 0 amide bonds. The highest BCUT2D eigenvalue weighted by atomic mass is 32.1. The topological polar surface area (TPSA) is 50.1 Å². The summed E-state index contributed by atoms with van der Waals surface area (Å²) in [5.74, 6) is -0.326. The molecule has 0 N–H and O–H groups in total. The number of rotatable bonds is 2. The smallest absolute Gasteiger partial charge is 0.338 e. The Kier molecular flexibility index (Phi) is 3.91. The van der Waals surface area contributed by atoms with Crippen molar-refractivity contribution in [1.82, 2.24) is 0 Å². The number of hydrogen-bond acceptors (Lipinski definition) is 4. The Morgan fingerprint density at radius 3 is 2.30 bits per heavy atom. The molecule has 1 aromatic carbocycles. The summed E-state index contributed by atoms with van der Waals surface area (Å²) in [6.07, 6.45) is 0. The zero-order chi connectivity index (χ0) is 14.8. The predicted octanol–water partition coefficient (Wildman–Crippen LogP) is 4.24. The molecule has 3 nitrogen and oxygen atoms in total. The minimum atomic E-state index is -0.495. The molecule has 0 spiro atoms. The van der Waals surface area contributed by atoms with Gasteiger partial charge in [0.05, 0.1) is 5.56 Å². The van der Waals surface area contributed by atoms with Crippen molar-refractivity contribution in [3.8, 4) is 16.5 Å². The summed E-state index contributed by atoms with van der Waals surface area (Å²) in [5, 5.41) is 8.82. The van der Waals surface area contributed by atoms with Crippen LogP contribution in [0, 0.1) is 11.3 Å². The van der Waals surface area contributed by atoms with Gasteiger partial charge in [-0.25, -0.2) is 4.79 Å². The lowest BCUT2D eigenvalue weighted by Crippen LogP contribution is -2.23. The molecular formula is C16H15NO2S. The zero-order valence-corrected chi connectivity index (χ0v) is 12.5. The minimum Gasteiger partial charge on any atom is -0.456 e. The minimum absolute atomic E-state index is 0.326. The van der Waals surface area contributed by atoms with E-state index < -0.39 is 5.60 Å². The number of esters is 1. The number of hydrogen-bond donors (Lipinski definition) is 0. The van der Waals surface area contributed by atoms with Gasteiger partial charge in [-0.1, -0.05) is 12.1 Å². The van der Waals surface area contributed by atoms with Crippen molar-refractivity contribution in [2.75, 3.05) is 0 Å². The third-order valence-electron chi connectivity index (χ3n) is 2.52. The SMILES string of the molecule is CC(C)(C)OC(=O)c1ccc(-c2ccc(C#N)s2)cc1. The third kappa shape index (κ3) is 3.46. The van der Waals surface area contributed by atoms with Crippen molar-refractivity contribution in [3.63, 3.8) is 0 Å². The molecule has 0 aliphatic heterocycles. The van der Waals surface area contributed by atoms with E-state index in [1.165, 1.54) is 11.3 Å². The highest BCUT2D eigenvalue weighted by Crippen LogP contribution is 2.28. The van der Waals surface area contributed by atoms with E-state index in [9.17, 15) is 4.79 Å². The average Bonchev–Trinajstić information content (AvgIpc) is 2.85. The fraction of sp³-hybridized carbons (Fsp3) is 0.250. The molecule has 0 radical (unpaired) electrons. The Hall–Kier alpha value is -2.12. The van der Waals surface area contributed by atoms with Crippen molar-refractivity contribution >= 4 is 17.3 Å². The molecule has 0 fully saturated rings. The standard InChI is InChI=1S/C16H15NO2S/c1-16(2,3)19-15(18)12-6-4-11(5-7-12)14-9-8-13(10-17)20-14/h4-9H,1-3H3. The summed E-state index contributed by atoms with van der Waals surface area (Å²) in [6.45, 7) is 5.52. The van der Waals surface area contributed by atoms with Crippen LogP contribution in [0.3, 0.4) is 0 Å². The maximum Gasteiger partial charge on any atom is 0.338 e. The van der Waals surface area contributed by atoms with Gasteiger partial charge in [0.15, 0.2) is 0 Å². The Morgan fingerprint density at radius 2 is 1.80 bits per heavy atom. The Labute approximate surface area is 122 Å². The van der Waals surface area contributed by atoms with E-state index in [2.05, 4.69) is 6.07 Å². The van der Waals surface area contributed by atoms with Gasteiger partial charge in [-0.15, -0.1) is 11.3 Å². The first kappa shape index (κ1) is 14.3. The van der Waals surface area contributed by atoms with Gasteiger partial charge in [0, 0.05) is 4.88 Å². The Bertz CT molecular complexity index is 657. The third-order valence-corrected chi connectivity index (χ3v) is 3.56. The van der Waals surface area contributed by atoms with Gasteiger partial charge < -0.3 is 4.74 Å². The van der Waals surface area contributed by atoms with E-state index in [4.69, 9.17) is 10.00 Å². The van der Waals surface area contributed by atoms with E-state index in [0.717, 1.165) is 10.4 Å². The molecule has 0 aliphatic carbocycles. The maximum absolute atomic E-state index is 11.9. The van der Waals surface area contributed by atoms with Crippen LogP contribution in [0.1, 0.15) is 36.0 Å². The summed E-state index contributed by atoms with van der Waals surface area (Å²) in [6, 6.07) is 13.0. The van der Waals surface area contributed by atoms with Gasteiger partial charge in [0.1, 0.15) is 16.5 Å². The highest BCUT2D eigenvalue weighted by molar-refractivity contribution is 7.16. The first-order valence-electron chi connectivity index (χ1n) is 6.23. The summed E-state index contributed by atoms with van der Waals surface area (Å²) in [5.41, 5.74) is 1.02. The van der Waals surface area contributed by atoms with E-state index in [1.807, 2.05) is 39.0 Å². The fourth-order valence-corrected chi connectivity index (χ4v) is 2.47. The van der Waals surface area contributed by atoms with Crippen molar-refractivity contribution in [2.24, 2.45) is 0 Å². The Balaban J connectivity index is 2.18. The van der Waals surface area contributed by atoms with Crippen LogP contribution in [0.15, 0.2) is 36.4 Å². The molecule has 2 aromatic rings. The van der Waals surface area contributed by atoms with Crippen molar-refractivity contribution in [1.29, 1.82) is 5.26 Å². The summed E-state index contributed by atoms with van der Waals surface area (Å²) in [4.78, 5) is 13.6. The zero-order valence-electron chi connectivity index (χ0n) is 11.6. The number of nitrogens with zero attached hydrogens (tertiary/aromatic N) is 1. The van der Waals surface area contributed by atoms with Crippen LogP contribution >= 0.6 is 11.3 Å². The quantitative estimate of drug-likeness (QED) is 0.775. The van der Waals surface area contributed by atoms with Crippen LogP contribution in [0.5, 0.6) is 0 Å². The van der Waals surface area contributed by atoms with E-state index >= 15 is 0 Å². The molecule has 0 aliphatic rings. The molecule has 0 atom stereocenters. The molecule has 1 heterocycles. The number of thiophene rings is 1. The molecule has 20 heavy (non-hydrogen) atoms. The second-order valence-corrected chi connectivity index (χ2v) is 6.44. The van der Waals surface area contributed by atoms with Crippen LogP contribution in [-0.4, -0.2) is 11.6 Å². The molecule has 4 heteroatoms. The number of ether oxygens (including phenoxy) is 1. The van der Waals surface area contributed by atoms with Gasteiger partial charge >= 0.3 is 5.97 Å². The van der Waals surface area contributed by atoms with Crippen molar-refractivity contribution < 1.29 is 9.53 Å². The van der Waals surface area contributed by atoms with Crippen molar-refractivity contribution in [2.45, 2.75) is 26.4 Å². The second-order valence-electron chi connectivity index (χ2n) is 5.35. The molecule has 2 rings (SSSR count). The van der Waals surface area contributed by atoms with Crippen molar-refractivity contribution in [3.05, 3.63) is 46.8 Å². The highest BCUT2D eigenvalue weighted by Gasteiger charge is 2.17. The molecule has 0 saturated heterocycles. The summed E-state index contributed by atoms with van der Waals surface area (Å²) in [7, 11) is 0. The van der Waals surface area contributed by atoms with E-state index in [0.29, 0.717) is 10.4 Å². The van der Waals surface area contributed by atoms with Gasteiger partial charge in [-0.2, -0.15) is 5.26 Å². The molecular weight excluding hydrogens is 270 g/mol. The van der Waals surface area contributed by atoms with Gasteiger partial charge in [0.25, 0.3) is 0 Å². The summed E-state index contributed by atoms with van der Waals surface area (Å²) >= 11 is 1.43. The number of nitriles is 1. The lowest BCUT2D eigenvalue weighted by Gasteiger charge is -2.19. The summed E-state index contributed by atoms with van der Waals surface area (Å²) < 4.78 is 5.31. The molecule has 0 saturated carbocycles. The largest absolute Gasteiger partial charge is 0.456 e. The van der Waals surface area contributed by atoms with Crippen LogP contribution in [0.25, 0.3) is 10.4 Å². The number of carbonyl (C=O) groups excluding carboxylic acids is 1. The number of carbonyl (C=O) groups is 1. The van der Waals surface area contributed by atoms with Gasteiger partial charge in [0.2, 0.25) is 0 Å². The molecule has 0 bridgehead atoms. The second kappa shape index (κ2) is 5.48. The molecule has 0 unspecified atom stereocenters. The predicted molar refractivity (Wildman–Crippen MR) is 79.6 cm³/mol. The van der Waals surface area contributed by atoms with Gasteiger partial charge in [-0.05, 0) is 50.6 Å².